The van der Waals surface area contributed by atoms with Gasteiger partial charge >= 0.3 is 0 Å². The van der Waals surface area contributed by atoms with Crippen molar-refractivity contribution in [3.05, 3.63) is 18.2 Å². The molecular formula is C13H21N3OS. The Kier molecular flexibility index (Phi) is 3.63. The molecular weight excluding hydrogens is 246 g/mol. The van der Waals surface area contributed by atoms with Crippen LogP contribution in [0.25, 0.3) is 0 Å². The highest BCUT2D eigenvalue weighted by atomic mass is 32.2. The van der Waals surface area contributed by atoms with Gasteiger partial charge in [-0.1, -0.05) is 0 Å². The topological polar surface area (TPSA) is 39.1 Å². The second-order valence-electron chi connectivity index (χ2n) is 5.04. The van der Waals surface area contributed by atoms with Crippen LogP contribution < -0.4 is 5.32 Å². The Bertz CT molecular complexity index is 392. The fraction of sp³-hybridized carbons (Fsp3) is 0.769. The number of morpholine rings is 1. The van der Waals surface area contributed by atoms with Crippen molar-refractivity contribution in [2.75, 3.05) is 24.7 Å². The van der Waals surface area contributed by atoms with E-state index in [2.05, 4.69) is 28.0 Å². The first-order valence-electron chi connectivity index (χ1n) is 6.81. The molecule has 1 spiro atoms. The van der Waals surface area contributed by atoms with Gasteiger partial charge in [-0.3, -0.25) is 0 Å². The molecule has 0 bridgehead atoms. The number of thioether (sulfide) groups is 1. The van der Waals surface area contributed by atoms with Crippen LogP contribution in [0.3, 0.4) is 0 Å². The van der Waals surface area contributed by atoms with Crippen LogP contribution in [0.1, 0.15) is 31.5 Å². The molecule has 3 heterocycles. The standard InChI is InChI=1S/C13H21N3OS/c1-2-16-9-11(15-10-16)12-13(17-6-5-14-12)3-7-18-8-4-13/h9-10,12,14H,2-8H2,1H3. The Labute approximate surface area is 112 Å². The lowest BCUT2D eigenvalue weighted by Gasteiger charge is -2.46. The molecule has 3 rings (SSSR count). The molecule has 18 heavy (non-hydrogen) atoms. The summed E-state index contributed by atoms with van der Waals surface area (Å²) in [5, 5.41) is 3.62. The first-order valence-corrected chi connectivity index (χ1v) is 7.96. The second-order valence-corrected chi connectivity index (χ2v) is 6.27. The minimum absolute atomic E-state index is 0.0174. The highest BCUT2D eigenvalue weighted by Gasteiger charge is 2.44. The van der Waals surface area contributed by atoms with Gasteiger partial charge in [0.25, 0.3) is 0 Å². The normalized spacial score (nSPS) is 27.5. The zero-order valence-electron chi connectivity index (χ0n) is 10.9. The van der Waals surface area contributed by atoms with E-state index in [4.69, 9.17) is 4.74 Å². The van der Waals surface area contributed by atoms with Crippen molar-refractivity contribution in [2.45, 2.75) is 38.0 Å². The first kappa shape index (κ1) is 12.5. The van der Waals surface area contributed by atoms with Crippen LogP contribution in [0, 0.1) is 0 Å². The van der Waals surface area contributed by atoms with Crippen molar-refractivity contribution >= 4 is 11.8 Å². The largest absolute Gasteiger partial charge is 0.372 e. The molecule has 100 valence electrons. The molecule has 1 N–H and O–H groups in total. The predicted octanol–water partition coefficient (Wildman–Crippen LogP) is 1.83. The lowest BCUT2D eigenvalue weighted by atomic mass is 9.85. The summed E-state index contributed by atoms with van der Waals surface area (Å²) in [6.07, 6.45) is 6.36. The van der Waals surface area contributed by atoms with Gasteiger partial charge in [0.1, 0.15) is 0 Å². The molecule has 0 aromatic carbocycles. The minimum Gasteiger partial charge on any atom is -0.372 e. The van der Waals surface area contributed by atoms with Gasteiger partial charge in [-0.25, -0.2) is 4.98 Å². The van der Waals surface area contributed by atoms with Gasteiger partial charge in [-0.15, -0.1) is 0 Å². The van der Waals surface area contributed by atoms with E-state index in [-0.39, 0.29) is 11.6 Å². The van der Waals surface area contributed by atoms with Gasteiger partial charge < -0.3 is 14.6 Å². The lowest BCUT2D eigenvalue weighted by molar-refractivity contribution is -0.104. The van der Waals surface area contributed by atoms with E-state index in [0.29, 0.717) is 0 Å². The summed E-state index contributed by atoms with van der Waals surface area (Å²) in [5.74, 6) is 2.40. The van der Waals surface area contributed by atoms with Crippen LogP contribution in [0.4, 0.5) is 0 Å². The van der Waals surface area contributed by atoms with Gasteiger partial charge in [0, 0.05) is 19.3 Å². The van der Waals surface area contributed by atoms with E-state index in [1.165, 1.54) is 11.5 Å². The summed E-state index contributed by atoms with van der Waals surface area (Å²) in [7, 11) is 0. The Morgan fingerprint density at radius 1 is 1.56 bits per heavy atom. The van der Waals surface area contributed by atoms with Crippen molar-refractivity contribution in [1.29, 1.82) is 0 Å². The molecule has 5 heteroatoms. The third-order valence-corrected chi connectivity index (χ3v) is 5.01. The zero-order valence-corrected chi connectivity index (χ0v) is 11.7. The summed E-state index contributed by atoms with van der Waals surface area (Å²) in [5.41, 5.74) is 1.12. The van der Waals surface area contributed by atoms with Crippen molar-refractivity contribution in [3.63, 3.8) is 0 Å². The van der Waals surface area contributed by atoms with Gasteiger partial charge in [0.05, 0.1) is 30.3 Å². The molecule has 2 fully saturated rings. The fourth-order valence-corrected chi connectivity index (χ4v) is 4.13. The van der Waals surface area contributed by atoms with E-state index in [9.17, 15) is 0 Å². The Morgan fingerprint density at radius 2 is 2.39 bits per heavy atom. The maximum atomic E-state index is 6.19. The summed E-state index contributed by atoms with van der Waals surface area (Å²) in [6, 6.07) is 0.264. The molecule has 2 aliphatic rings. The summed E-state index contributed by atoms with van der Waals surface area (Å²) in [6.45, 7) is 4.88. The molecule has 1 aromatic heterocycles. The van der Waals surface area contributed by atoms with Crippen molar-refractivity contribution in [2.24, 2.45) is 0 Å². The number of aryl methyl sites for hydroxylation is 1. The SMILES string of the molecule is CCn1cnc(C2NCCOC23CCSCC3)c1. The monoisotopic (exact) mass is 267 g/mol. The maximum Gasteiger partial charge on any atom is 0.0950 e. The third-order valence-electron chi connectivity index (χ3n) is 4.02. The highest BCUT2D eigenvalue weighted by molar-refractivity contribution is 7.99. The maximum absolute atomic E-state index is 6.19. The third kappa shape index (κ3) is 2.19. The number of nitrogens with zero attached hydrogens (tertiary/aromatic N) is 2. The molecule has 0 amide bonds. The zero-order chi connectivity index (χ0) is 12.4. The summed E-state index contributed by atoms with van der Waals surface area (Å²) in [4.78, 5) is 4.57. The quantitative estimate of drug-likeness (QED) is 0.887. The molecule has 4 nitrogen and oxygen atoms in total. The van der Waals surface area contributed by atoms with Crippen LogP contribution >= 0.6 is 11.8 Å². The van der Waals surface area contributed by atoms with E-state index < -0.39 is 0 Å². The predicted molar refractivity (Wildman–Crippen MR) is 73.9 cm³/mol. The molecule has 1 atom stereocenters. The van der Waals surface area contributed by atoms with Crippen molar-refractivity contribution in [3.8, 4) is 0 Å². The average Bonchev–Trinajstić information content (AvgIpc) is 2.89. The fourth-order valence-electron chi connectivity index (χ4n) is 2.95. The number of hydrogen-bond acceptors (Lipinski definition) is 4. The van der Waals surface area contributed by atoms with Crippen molar-refractivity contribution < 1.29 is 4.74 Å². The van der Waals surface area contributed by atoms with Crippen LogP contribution in [-0.2, 0) is 11.3 Å². The van der Waals surface area contributed by atoms with Crippen LogP contribution in [0.2, 0.25) is 0 Å². The Morgan fingerprint density at radius 3 is 3.11 bits per heavy atom. The highest BCUT2D eigenvalue weighted by Crippen LogP contribution is 2.41. The first-order chi connectivity index (χ1) is 8.84. The minimum atomic E-state index is -0.0174. The van der Waals surface area contributed by atoms with Crippen LogP contribution in [-0.4, -0.2) is 39.8 Å². The summed E-state index contributed by atoms with van der Waals surface area (Å²) < 4.78 is 8.33. The number of imidazole rings is 1. The van der Waals surface area contributed by atoms with Crippen LogP contribution in [0.15, 0.2) is 12.5 Å². The van der Waals surface area contributed by atoms with Gasteiger partial charge in [0.15, 0.2) is 0 Å². The number of rotatable bonds is 2. The molecule has 2 saturated heterocycles. The Hall–Kier alpha value is -0.520. The molecule has 1 aromatic rings. The molecule has 0 saturated carbocycles. The van der Waals surface area contributed by atoms with E-state index >= 15 is 0 Å². The van der Waals surface area contributed by atoms with Crippen molar-refractivity contribution in [1.82, 2.24) is 14.9 Å². The van der Waals surface area contributed by atoms with Gasteiger partial charge in [-0.05, 0) is 31.3 Å². The molecule has 0 aliphatic carbocycles. The number of nitrogens with one attached hydrogen (secondary N) is 1. The molecule has 2 aliphatic heterocycles. The average molecular weight is 267 g/mol. The molecule has 0 radical (unpaired) electrons. The van der Waals surface area contributed by atoms with Crippen LogP contribution in [0.5, 0.6) is 0 Å². The summed E-state index contributed by atoms with van der Waals surface area (Å²) >= 11 is 2.04. The van der Waals surface area contributed by atoms with E-state index in [1.807, 2.05) is 18.1 Å². The Balaban J connectivity index is 1.86. The number of hydrogen-bond donors (Lipinski definition) is 1. The van der Waals surface area contributed by atoms with Gasteiger partial charge in [-0.2, -0.15) is 11.8 Å². The molecule has 1 unspecified atom stereocenters. The number of aromatic nitrogens is 2. The van der Waals surface area contributed by atoms with E-state index in [0.717, 1.165) is 38.2 Å². The number of ether oxygens (including phenoxy) is 1. The van der Waals surface area contributed by atoms with Gasteiger partial charge in [0.2, 0.25) is 0 Å². The second kappa shape index (κ2) is 5.23. The lowest BCUT2D eigenvalue weighted by Crippen LogP contribution is -2.54. The smallest absolute Gasteiger partial charge is 0.0950 e. The van der Waals surface area contributed by atoms with E-state index in [1.54, 1.807) is 0 Å².